The van der Waals surface area contributed by atoms with E-state index in [-0.39, 0.29) is 19.1 Å². The van der Waals surface area contributed by atoms with Gasteiger partial charge in [0.05, 0.1) is 12.8 Å². The highest BCUT2D eigenvalue weighted by Gasteiger charge is 2.36. The second-order valence-corrected chi connectivity index (χ2v) is 7.71. The Labute approximate surface area is 140 Å². The van der Waals surface area contributed by atoms with Crippen molar-refractivity contribution in [3.05, 3.63) is 24.5 Å². The minimum absolute atomic E-state index is 0.117. The molecule has 128 valence electrons. The minimum atomic E-state index is -3.58. The van der Waals surface area contributed by atoms with Crippen molar-refractivity contribution in [3.8, 4) is 11.5 Å². The van der Waals surface area contributed by atoms with E-state index in [0.29, 0.717) is 17.3 Å². The van der Waals surface area contributed by atoms with Gasteiger partial charge in [-0.05, 0) is 26.0 Å². The summed E-state index contributed by atoms with van der Waals surface area (Å²) in [4.78, 5) is 18.1. The van der Waals surface area contributed by atoms with Gasteiger partial charge in [-0.3, -0.25) is 4.90 Å². The number of pyridine rings is 1. The van der Waals surface area contributed by atoms with Gasteiger partial charge in [-0.2, -0.15) is 0 Å². The van der Waals surface area contributed by atoms with Crippen molar-refractivity contribution in [2.45, 2.75) is 19.9 Å². The summed E-state index contributed by atoms with van der Waals surface area (Å²) >= 11 is 0. The van der Waals surface area contributed by atoms with Crippen LogP contribution in [0.1, 0.15) is 19.9 Å². The average molecular weight is 350 g/mol. The molecule has 10 heteroatoms. The Morgan fingerprint density at radius 2 is 1.96 bits per heavy atom. The second-order valence-electron chi connectivity index (χ2n) is 5.81. The molecule has 0 bridgehead atoms. The third-order valence-electron chi connectivity index (χ3n) is 3.74. The lowest BCUT2D eigenvalue weighted by Gasteiger charge is -2.17. The van der Waals surface area contributed by atoms with Gasteiger partial charge in [-0.1, -0.05) is 6.07 Å². The molecule has 0 spiro atoms. The number of aromatic nitrogens is 4. The Balaban J connectivity index is 1.95. The first-order valence-corrected chi connectivity index (χ1v) is 9.30. The van der Waals surface area contributed by atoms with Gasteiger partial charge in [-0.25, -0.2) is 22.5 Å². The van der Waals surface area contributed by atoms with Crippen LogP contribution in [0.5, 0.6) is 0 Å². The fraction of sp³-hybridized carbons (Fsp3) is 0.429. The molecule has 0 radical (unpaired) electrons. The molecule has 9 nitrogen and oxygen atoms in total. The van der Waals surface area contributed by atoms with Crippen molar-refractivity contribution in [2.75, 3.05) is 24.2 Å². The summed E-state index contributed by atoms with van der Waals surface area (Å²) in [5.74, 6) is 0.987. The SMILES string of the molecule is CC(C)n1cnnc1-c1cccc(N2CCN(S(C)(=O)=O)C2=O)n1. The molecule has 24 heavy (non-hydrogen) atoms. The molecule has 3 rings (SSSR count). The van der Waals surface area contributed by atoms with Crippen molar-refractivity contribution >= 4 is 21.9 Å². The van der Waals surface area contributed by atoms with Gasteiger partial charge in [-0.15, -0.1) is 10.2 Å². The van der Waals surface area contributed by atoms with Crippen molar-refractivity contribution in [1.82, 2.24) is 24.1 Å². The second kappa shape index (κ2) is 5.86. The molecule has 1 saturated heterocycles. The lowest BCUT2D eigenvalue weighted by molar-refractivity contribution is 0.239. The summed E-state index contributed by atoms with van der Waals surface area (Å²) in [6.45, 7) is 4.39. The van der Waals surface area contributed by atoms with Crippen LogP contribution in [-0.4, -0.2) is 57.8 Å². The Bertz CT molecular complexity index is 876. The van der Waals surface area contributed by atoms with Crippen LogP contribution in [0.25, 0.3) is 11.5 Å². The molecule has 0 aromatic carbocycles. The highest BCUT2D eigenvalue weighted by Crippen LogP contribution is 2.24. The summed E-state index contributed by atoms with van der Waals surface area (Å²) in [7, 11) is -3.58. The summed E-state index contributed by atoms with van der Waals surface area (Å²) in [6.07, 6.45) is 2.64. The van der Waals surface area contributed by atoms with E-state index in [0.717, 1.165) is 10.6 Å². The molecule has 2 aromatic rings. The Hall–Kier alpha value is -2.49. The molecule has 1 fully saturated rings. The van der Waals surface area contributed by atoms with Crippen molar-refractivity contribution in [3.63, 3.8) is 0 Å². The normalized spacial score (nSPS) is 15.6. The molecule has 1 aliphatic heterocycles. The van der Waals surface area contributed by atoms with Crippen LogP contribution >= 0.6 is 0 Å². The number of sulfonamides is 1. The van der Waals surface area contributed by atoms with Crippen LogP contribution in [-0.2, 0) is 10.0 Å². The van der Waals surface area contributed by atoms with Crippen molar-refractivity contribution in [1.29, 1.82) is 0 Å². The first-order chi connectivity index (χ1) is 11.3. The van der Waals surface area contributed by atoms with E-state index in [9.17, 15) is 13.2 Å². The molecule has 0 saturated carbocycles. The molecule has 1 aliphatic rings. The van der Waals surface area contributed by atoms with E-state index in [4.69, 9.17) is 0 Å². The Morgan fingerprint density at radius 1 is 1.21 bits per heavy atom. The van der Waals surface area contributed by atoms with Gasteiger partial charge in [0.25, 0.3) is 0 Å². The van der Waals surface area contributed by atoms with Crippen molar-refractivity contribution in [2.24, 2.45) is 0 Å². The molecule has 0 N–H and O–H groups in total. The van der Waals surface area contributed by atoms with Crippen LogP contribution in [0.4, 0.5) is 10.6 Å². The highest BCUT2D eigenvalue weighted by molar-refractivity contribution is 7.88. The molecule has 2 aromatic heterocycles. The third kappa shape index (κ3) is 2.84. The number of urea groups is 1. The maximum Gasteiger partial charge on any atom is 0.339 e. The molecule has 2 amide bonds. The first kappa shape index (κ1) is 16.4. The van der Waals surface area contributed by atoms with Gasteiger partial charge in [0.1, 0.15) is 17.8 Å². The fourth-order valence-electron chi connectivity index (χ4n) is 2.54. The van der Waals surface area contributed by atoms with E-state index >= 15 is 0 Å². The number of carbonyl (C=O) groups is 1. The summed E-state index contributed by atoms with van der Waals surface area (Å²) in [6, 6.07) is 4.78. The number of amides is 2. The number of anilines is 1. The van der Waals surface area contributed by atoms with Crippen LogP contribution < -0.4 is 4.90 Å². The maximum absolute atomic E-state index is 12.3. The Morgan fingerprint density at radius 3 is 2.58 bits per heavy atom. The quantitative estimate of drug-likeness (QED) is 0.819. The maximum atomic E-state index is 12.3. The molecular formula is C14H18N6O3S. The van der Waals surface area contributed by atoms with Gasteiger partial charge in [0.15, 0.2) is 5.82 Å². The number of rotatable bonds is 4. The topological polar surface area (TPSA) is 101 Å². The summed E-state index contributed by atoms with van der Waals surface area (Å²) in [5.41, 5.74) is 0.573. The van der Waals surface area contributed by atoms with Gasteiger partial charge >= 0.3 is 6.03 Å². The van der Waals surface area contributed by atoms with Crippen LogP contribution in [0.15, 0.2) is 24.5 Å². The van der Waals surface area contributed by atoms with E-state index in [1.165, 1.54) is 4.90 Å². The predicted molar refractivity (Wildman–Crippen MR) is 87.9 cm³/mol. The number of nitrogens with zero attached hydrogens (tertiary/aromatic N) is 6. The highest BCUT2D eigenvalue weighted by atomic mass is 32.2. The van der Waals surface area contributed by atoms with Gasteiger partial charge in [0, 0.05) is 12.6 Å². The average Bonchev–Trinajstić information content (AvgIpc) is 3.13. The minimum Gasteiger partial charge on any atom is -0.310 e. The predicted octanol–water partition coefficient (Wildman–Crippen LogP) is 1.12. The zero-order chi connectivity index (χ0) is 17.5. The Kier molecular flexibility index (Phi) is 3.99. The number of hydrogen-bond acceptors (Lipinski definition) is 6. The monoisotopic (exact) mass is 350 g/mol. The molecule has 3 heterocycles. The largest absolute Gasteiger partial charge is 0.339 e. The van der Waals surface area contributed by atoms with E-state index in [2.05, 4.69) is 15.2 Å². The number of hydrogen-bond donors (Lipinski definition) is 0. The smallest absolute Gasteiger partial charge is 0.310 e. The summed E-state index contributed by atoms with van der Waals surface area (Å²) in [5, 5.41) is 8.00. The number of carbonyl (C=O) groups excluding carboxylic acids is 1. The zero-order valence-electron chi connectivity index (χ0n) is 13.6. The van der Waals surface area contributed by atoms with Crippen LogP contribution in [0, 0.1) is 0 Å². The van der Waals surface area contributed by atoms with Crippen molar-refractivity contribution < 1.29 is 13.2 Å². The lowest BCUT2D eigenvalue weighted by atomic mass is 10.3. The molecule has 0 atom stereocenters. The van der Waals surface area contributed by atoms with E-state index in [1.807, 2.05) is 18.4 Å². The van der Waals surface area contributed by atoms with Gasteiger partial charge in [0.2, 0.25) is 10.0 Å². The summed E-state index contributed by atoms with van der Waals surface area (Å²) < 4.78 is 26.0. The molecule has 0 unspecified atom stereocenters. The zero-order valence-corrected chi connectivity index (χ0v) is 14.4. The van der Waals surface area contributed by atoms with Crippen LogP contribution in [0.3, 0.4) is 0 Å². The third-order valence-corrected chi connectivity index (χ3v) is 4.88. The lowest BCUT2D eigenvalue weighted by Crippen LogP contribution is -2.35. The molecule has 0 aliphatic carbocycles. The fourth-order valence-corrected chi connectivity index (χ4v) is 3.33. The van der Waals surface area contributed by atoms with Gasteiger partial charge < -0.3 is 4.57 Å². The van der Waals surface area contributed by atoms with E-state index in [1.54, 1.807) is 24.5 Å². The van der Waals surface area contributed by atoms with Crippen LogP contribution in [0.2, 0.25) is 0 Å². The standard InChI is InChI=1S/C14H18N6O3S/c1-10(2)19-9-15-17-13(19)11-5-4-6-12(16-11)18-7-8-20(14(18)21)24(3,22)23/h4-6,9-10H,7-8H2,1-3H3. The first-order valence-electron chi connectivity index (χ1n) is 7.45. The molecular weight excluding hydrogens is 332 g/mol. The van der Waals surface area contributed by atoms with E-state index < -0.39 is 16.1 Å².